The van der Waals surface area contributed by atoms with E-state index in [1.807, 2.05) is 6.07 Å². The predicted octanol–water partition coefficient (Wildman–Crippen LogP) is 1.60. The van der Waals surface area contributed by atoms with Crippen molar-refractivity contribution in [1.82, 2.24) is 5.48 Å². The summed E-state index contributed by atoms with van der Waals surface area (Å²) in [6, 6.07) is 8.71. The number of hydrogen-bond acceptors (Lipinski definition) is 5. The van der Waals surface area contributed by atoms with Crippen molar-refractivity contribution in [3.05, 3.63) is 30.3 Å². The van der Waals surface area contributed by atoms with Crippen molar-refractivity contribution < 1.29 is 24.3 Å². The standard InChI is InChI=1S/C6H6O.C5H9NO4/c7-6-4-2-1-3-5-6;1-3-9-5(8)6-10-4(2)7/h1-5,7H;3H2,1-2H3,(H,6,8). The first-order chi connectivity index (χ1) is 8.06. The maximum atomic E-state index is 10.3. The van der Waals surface area contributed by atoms with E-state index in [0.717, 1.165) is 0 Å². The lowest BCUT2D eigenvalue weighted by Crippen LogP contribution is -2.26. The third-order valence-corrected chi connectivity index (χ3v) is 1.31. The van der Waals surface area contributed by atoms with Gasteiger partial charge < -0.3 is 14.7 Å². The molecule has 1 rings (SSSR count). The van der Waals surface area contributed by atoms with Gasteiger partial charge in [-0.2, -0.15) is 0 Å². The first-order valence-corrected chi connectivity index (χ1v) is 4.90. The van der Waals surface area contributed by atoms with Gasteiger partial charge >= 0.3 is 12.1 Å². The van der Waals surface area contributed by atoms with E-state index in [2.05, 4.69) is 9.57 Å². The van der Waals surface area contributed by atoms with E-state index in [0.29, 0.717) is 5.75 Å². The second kappa shape index (κ2) is 9.02. The topological polar surface area (TPSA) is 84.9 Å². The molecule has 0 radical (unpaired) electrons. The van der Waals surface area contributed by atoms with Gasteiger partial charge in [0, 0.05) is 6.92 Å². The summed E-state index contributed by atoms with van der Waals surface area (Å²) < 4.78 is 4.36. The predicted molar refractivity (Wildman–Crippen MR) is 60.0 cm³/mol. The molecule has 17 heavy (non-hydrogen) atoms. The summed E-state index contributed by atoms with van der Waals surface area (Å²) in [5.41, 5.74) is 1.77. The number of nitrogens with one attached hydrogen (secondary N) is 1. The fourth-order valence-corrected chi connectivity index (χ4v) is 0.702. The molecule has 0 saturated carbocycles. The van der Waals surface area contributed by atoms with E-state index in [-0.39, 0.29) is 6.61 Å². The van der Waals surface area contributed by atoms with Crippen molar-refractivity contribution in [1.29, 1.82) is 0 Å². The summed E-state index contributed by atoms with van der Waals surface area (Å²) in [4.78, 5) is 24.5. The summed E-state index contributed by atoms with van der Waals surface area (Å²) in [7, 11) is 0. The van der Waals surface area contributed by atoms with E-state index in [1.54, 1.807) is 36.7 Å². The summed E-state index contributed by atoms with van der Waals surface area (Å²) in [6.07, 6.45) is -0.766. The number of phenols is 1. The highest BCUT2D eigenvalue weighted by atomic mass is 16.7. The number of rotatable bonds is 1. The minimum absolute atomic E-state index is 0.243. The van der Waals surface area contributed by atoms with Crippen LogP contribution in [0.3, 0.4) is 0 Å². The molecule has 0 heterocycles. The van der Waals surface area contributed by atoms with Gasteiger partial charge in [-0.15, -0.1) is 5.48 Å². The number of aromatic hydroxyl groups is 1. The van der Waals surface area contributed by atoms with Crippen molar-refractivity contribution >= 4 is 12.1 Å². The van der Waals surface area contributed by atoms with Gasteiger partial charge in [-0.3, -0.25) is 4.79 Å². The summed E-state index contributed by atoms with van der Waals surface area (Å²) in [5.74, 6) is -0.268. The van der Waals surface area contributed by atoms with Crippen molar-refractivity contribution in [2.45, 2.75) is 13.8 Å². The number of amides is 1. The largest absolute Gasteiger partial charge is 0.508 e. The Kier molecular flexibility index (Phi) is 7.83. The molecular formula is C11H15NO5. The zero-order valence-corrected chi connectivity index (χ0v) is 9.67. The molecular weight excluding hydrogens is 226 g/mol. The monoisotopic (exact) mass is 241 g/mol. The molecule has 0 atom stereocenters. The molecule has 0 unspecified atom stereocenters. The second-order valence-corrected chi connectivity index (χ2v) is 2.75. The molecule has 0 saturated heterocycles. The highest BCUT2D eigenvalue weighted by Gasteiger charge is 2.00. The number of ether oxygens (including phenoxy) is 1. The highest BCUT2D eigenvalue weighted by molar-refractivity contribution is 5.71. The van der Waals surface area contributed by atoms with Crippen LogP contribution in [0.4, 0.5) is 4.79 Å². The van der Waals surface area contributed by atoms with Crippen LogP contribution in [0.1, 0.15) is 13.8 Å². The quantitative estimate of drug-likeness (QED) is 0.729. The van der Waals surface area contributed by atoms with Crippen molar-refractivity contribution in [3.63, 3.8) is 0 Å². The zero-order valence-electron chi connectivity index (χ0n) is 9.67. The number of carbonyl (C=O) groups is 2. The number of benzene rings is 1. The van der Waals surface area contributed by atoms with Crippen LogP contribution in [0.15, 0.2) is 30.3 Å². The Balaban J connectivity index is 0.000000318. The zero-order chi connectivity index (χ0) is 13.1. The van der Waals surface area contributed by atoms with Gasteiger partial charge in [-0.05, 0) is 19.1 Å². The molecule has 0 aliphatic carbocycles. The molecule has 2 N–H and O–H groups in total. The van der Waals surface area contributed by atoms with Crippen molar-refractivity contribution in [2.24, 2.45) is 0 Å². The van der Waals surface area contributed by atoms with Gasteiger partial charge in [0.1, 0.15) is 5.75 Å². The minimum atomic E-state index is -0.766. The molecule has 6 nitrogen and oxygen atoms in total. The molecule has 0 aromatic heterocycles. The van der Waals surface area contributed by atoms with Crippen molar-refractivity contribution in [2.75, 3.05) is 6.61 Å². The van der Waals surface area contributed by atoms with Gasteiger partial charge in [0.25, 0.3) is 0 Å². The van der Waals surface area contributed by atoms with E-state index >= 15 is 0 Å². The molecule has 94 valence electrons. The van der Waals surface area contributed by atoms with Gasteiger partial charge in [-0.1, -0.05) is 18.2 Å². The average Bonchev–Trinajstić information content (AvgIpc) is 2.29. The summed E-state index contributed by atoms with van der Waals surface area (Å²) in [6.45, 7) is 3.06. The van der Waals surface area contributed by atoms with E-state index in [4.69, 9.17) is 5.11 Å². The molecule has 6 heteroatoms. The van der Waals surface area contributed by atoms with E-state index < -0.39 is 12.1 Å². The molecule has 0 aliphatic rings. The maximum Gasteiger partial charge on any atom is 0.440 e. The Morgan fingerprint density at radius 1 is 1.29 bits per heavy atom. The van der Waals surface area contributed by atoms with Gasteiger partial charge in [0.05, 0.1) is 6.61 Å². The molecule has 1 amide bonds. The first kappa shape index (κ1) is 14.8. The number of phenolic OH excluding ortho intramolecular Hbond substituents is 1. The van der Waals surface area contributed by atoms with Crippen LogP contribution in [0.5, 0.6) is 5.75 Å². The van der Waals surface area contributed by atoms with Crippen LogP contribution in [0, 0.1) is 0 Å². The fraction of sp³-hybridized carbons (Fsp3) is 0.273. The van der Waals surface area contributed by atoms with Gasteiger partial charge in [-0.25, -0.2) is 4.79 Å². The number of carbonyl (C=O) groups excluding carboxylic acids is 2. The lowest BCUT2D eigenvalue weighted by molar-refractivity contribution is -0.146. The fourth-order valence-electron chi connectivity index (χ4n) is 0.702. The van der Waals surface area contributed by atoms with Crippen LogP contribution in [-0.2, 0) is 14.4 Å². The molecule has 1 aromatic rings. The van der Waals surface area contributed by atoms with Crippen LogP contribution in [0.25, 0.3) is 0 Å². The second-order valence-electron chi connectivity index (χ2n) is 2.75. The van der Waals surface area contributed by atoms with Crippen LogP contribution >= 0.6 is 0 Å². The first-order valence-electron chi connectivity index (χ1n) is 4.90. The number of para-hydroxylation sites is 1. The Morgan fingerprint density at radius 3 is 2.24 bits per heavy atom. The Labute approximate surface area is 99.1 Å². The summed E-state index contributed by atoms with van der Waals surface area (Å²) >= 11 is 0. The maximum absolute atomic E-state index is 10.3. The van der Waals surface area contributed by atoms with Crippen LogP contribution < -0.4 is 5.48 Å². The average molecular weight is 241 g/mol. The molecule has 1 aromatic carbocycles. The SMILES string of the molecule is CCOC(=O)NOC(C)=O.Oc1ccccc1. The Bertz CT molecular complexity index is 339. The normalized spacial score (nSPS) is 8.35. The number of hydrogen-bond donors (Lipinski definition) is 2. The smallest absolute Gasteiger partial charge is 0.440 e. The van der Waals surface area contributed by atoms with Crippen LogP contribution in [-0.4, -0.2) is 23.8 Å². The summed E-state index contributed by atoms with van der Waals surface area (Å²) in [5, 5.41) is 8.63. The van der Waals surface area contributed by atoms with Gasteiger partial charge in [0.15, 0.2) is 0 Å². The third-order valence-electron chi connectivity index (χ3n) is 1.31. The molecule has 0 fully saturated rings. The lowest BCUT2D eigenvalue weighted by Gasteiger charge is -2.01. The Hall–Kier alpha value is -2.24. The van der Waals surface area contributed by atoms with E-state index in [9.17, 15) is 9.59 Å². The third kappa shape index (κ3) is 10.1. The van der Waals surface area contributed by atoms with Gasteiger partial charge in [0.2, 0.25) is 0 Å². The van der Waals surface area contributed by atoms with Crippen LogP contribution in [0.2, 0.25) is 0 Å². The molecule has 0 bridgehead atoms. The molecule has 0 aliphatic heterocycles. The lowest BCUT2D eigenvalue weighted by atomic mass is 10.3. The molecule has 0 spiro atoms. The van der Waals surface area contributed by atoms with E-state index in [1.165, 1.54) is 6.92 Å². The highest BCUT2D eigenvalue weighted by Crippen LogP contribution is 2.02. The minimum Gasteiger partial charge on any atom is -0.508 e. The van der Waals surface area contributed by atoms with Crippen molar-refractivity contribution in [3.8, 4) is 5.75 Å². The number of hydroxylamine groups is 1. The Morgan fingerprint density at radius 2 is 1.88 bits per heavy atom.